The Morgan fingerprint density at radius 1 is 1.11 bits per heavy atom. The highest BCUT2D eigenvalue weighted by Gasteiger charge is 2.22. The number of methoxy groups -OCH3 is 2. The Bertz CT molecular complexity index is 846. The number of nitrogens with zero attached hydrogens (tertiary/aromatic N) is 1. The molecule has 0 spiro atoms. The minimum absolute atomic E-state index is 0.122. The van der Waals surface area contributed by atoms with Crippen LogP contribution in [-0.4, -0.2) is 38.1 Å². The van der Waals surface area contributed by atoms with E-state index in [4.69, 9.17) is 15.2 Å². The molecule has 0 atom stereocenters. The van der Waals surface area contributed by atoms with Gasteiger partial charge >= 0.3 is 0 Å². The number of nitrogens with one attached hydrogen (secondary N) is 1. The minimum atomic E-state index is -0.122. The number of carbonyl (C=O) groups excluding carboxylic acids is 1. The summed E-state index contributed by atoms with van der Waals surface area (Å²) in [5.74, 6) is 1.47. The number of benzene rings is 2. The Kier molecular flexibility index (Phi) is 6.55. The molecule has 0 saturated carbocycles. The van der Waals surface area contributed by atoms with E-state index in [0.29, 0.717) is 30.8 Å². The molecule has 2 aromatic rings. The number of rotatable bonds is 7. The van der Waals surface area contributed by atoms with Crippen LogP contribution in [0.25, 0.3) is 0 Å². The van der Waals surface area contributed by atoms with Crippen LogP contribution in [-0.2, 0) is 17.9 Å². The summed E-state index contributed by atoms with van der Waals surface area (Å²) in [6.45, 7) is 2.54. The van der Waals surface area contributed by atoms with Crippen molar-refractivity contribution in [3.63, 3.8) is 0 Å². The second-order valence-corrected chi connectivity index (χ2v) is 6.81. The van der Waals surface area contributed by atoms with Gasteiger partial charge in [0.25, 0.3) is 5.91 Å². The van der Waals surface area contributed by atoms with Gasteiger partial charge in [-0.2, -0.15) is 0 Å². The monoisotopic (exact) mass is 381 g/mol. The molecule has 6 heteroatoms. The molecule has 0 bridgehead atoms. The molecular weight excluding hydrogens is 354 g/mol. The van der Waals surface area contributed by atoms with E-state index in [0.717, 1.165) is 30.2 Å². The normalized spacial score (nSPS) is 14.6. The molecule has 148 valence electrons. The van der Waals surface area contributed by atoms with Crippen molar-refractivity contribution < 1.29 is 14.3 Å². The van der Waals surface area contributed by atoms with Crippen molar-refractivity contribution in [3.8, 4) is 11.5 Å². The SMILES string of the molecule is COc1ccc(CN2CCC(N)=C(C(=O)NCc3ccccc3OC)C2)cc1. The van der Waals surface area contributed by atoms with E-state index in [9.17, 15) is 4.79 Å². The molecule has 2 aromatic carbocycles. The van der Waals surface area contributed by atoms with Gasteiger partial charge in [0, 0.05) is 49.4 Å². The smallest absolute Gasteiger partial charge is 0.250 e. The van der Waals surface area contributed by atoms with E-state index in [1.807, 2.05) is 48.5 Å². The van der Waals surface area contributed by atoms with Crippen LogP contribution in [0.5, 0.6) is 11.5 Å². The first kappa shape index (κ1) is 19.8. The molecule has 0 aromatic heterocycles. The standard InChI is InChI=1S/C22H27N3O3/c1-27-18-9-7-16(8-10-18)14-25-12-11-20(23)19(15-25)22(26)24-13-17-5-3-4-6-21(17)28-2/h3-10H,11-15,23H2,1-2H3,(H,24,26). The van der Waals surface area contributed by atoms with Gasteiger partial charge in [0.15, 0.2) is 0 Å². The largest absolute Gasteiger partial charge is 0.497 e. The molecule has 0 aliphatic carbocycles. The lowest BCUT2D eigenvalue weighted by Crippen LogP contribution is -2.39. The van der Waals surface area contributed by atoms with Crippen LogP contribution in [0.15, 0.2) is 59.8 Å². The molecule has 0 fully saturated rings. The topological polar surface area (TPSA) is 76.8 Å². The zero-order chi connectivity index (χ0) is 19.9. The van der Waals surface area contributed by atoms with Crippen molar-refractivity contribution in [2.75, 3.05) is 27.3 Å². The second-order valence-electron chi connectivity index (χ2n) is 6.81. The molecule has 28 heavy (non-hydrogen) atoms. The Balaban J connectivity index is 1.61. The first-order valence-corrected chi connectivity index (χ1v) is 9.33. The quantitative estimate of drug-likeness (QED) is 0.770. The van der Waals surface area contributed by atoms with E-state index < -0.39 is 0 Å². The van der Waals surface area contributed by atoms with Crippen LogP contribution in [0, 0.1) is 0 Å². The maximum Gasteiger partial charge on any atom is 0.250 e. The van der Waals surface area contributed by atoms with Gasteiger partial charge in [-0.1, -0.05) is 30.3 Å². The highest BCUT2D eigenvalue weighted by Crippen LogP contribution is 2.20. The average Bonchev–Trinajstić information content (AvgIpc) is 2.74. The molecule has 1 heterocycles. The van der Waals surface area contributed by atoms with Crippen LogP contribution >= 0.6 is 0 Å². The summed E-state index contributed by atoms with van der Waals surface area (Å²) in [7, 11) is 3.28. The zero-order valence-corrected chi connectivity index (χ0v) is 16.4. The van der Waals surface area contributed by atoms with Crippen LogP contribution in [0.3, 0.4) is 0 Å². The van der Waals surface area contributed by atoms with Crippen molar-refractivity contribution in [1.82, 2.24) is 10.2 Å². The maximum absolute atomic E-state index is 12.7. The molecule has 3 N–H and O–H groups in total. The fraction of sp³-hybridized carbons (Fsp3) is 0.318. The second kappa shape index (κ2) is 9.28. The summed E-state index contributed by atoms with van der Waals surface area (Å²) in [6.07, 6.45) is 0.688. The minimum Gasteiger partial charge on any atom is -0.497 e. The number of ether oxygens (including phenoxy) is 2. The van der Waals surface area contributed by atoms with Crippen molar-refractivity contribution in [2.24, 2.45) is 5.73 Å². The van der Waals surface area contributed by atoms with Crippen molar-refractivity contribution in [2.45, 2.75) is 19.5 Å². The number of amides is 1. The van der Waals surface area contributed by atoms with E-state index in [1.54, 1.807) is 14.2 Å². The van der Waals surface area contributed by atoms with Gasteiger partial charge < -0.3 is 20.5 Å². The molecule has 1 aliphatic heterocycles. The van der Waals surface area contributed by atoms with Gasteiger partial charge in [0.1, 0.15) is 11.5 Å². The number of hydrogen-bond acceptors (Lipinski definition) is 5. The molecule has 1 aliphatic rings. The number of carbonyl (C=O) groups is 1. The van der Waals surface area contributed by atoms with Crippen LogP contribution in [0.1, 0.15) is 17.5 Å². The summed E-state index contributed by atoms with van der Waals surface area (Å²) in [6, 6.07) is 15.6. The lowest BCUT2D eigenvalue weighted by atomic mass is 10.0. The summed E-state index contributed by atoms with van der Waals surface area (Å²) in [4.78, 5) is 15.0. The number of para-hydroxylation sites is 1. The summed E-state index contributed by atoms with van der Waals surface area (Å²) < 4.78 is 10.5. The van der Waals surface area contributed by atoms with Crippen LogP contribution in [0.4, 0.5) is 0 Å². The summed E-state index contributed by atoms with van der Waals surface area (Å²) in [5, 5.41) is 2.97. The predicted molar refractivity (Wildman–Crippen MR) is 109 cm³/mol. The zero-order valence-electron chi connectivity index (χ0n) is 16.4. The lowest BCUT2D eigenvalue weighted by Gasteiger charge is -2.29. The summed E-state index contributed by atoms with van der Waals surface area (Å²) >= 11 is 0. The van der Waals surface area contributed by atoms with Gasteiger partial charge in [0.05, 0.1) is 14.2 Å². The highest BCUT2D eigenvalue weighted by molar-refractivity contribution is 5.94. The highest BCUT2D eigenvalue weighted by atomic mass is 16.5. The van der Waals surface area contributed by atoms with E-state index in [1.165, 1.54) is 5.56 Å². The van der Waals surface area contributed by atoms with E-state index >= 15 is 0 Å². The van der Waals surface area contributed by atoms with E-state index in [-0.39, 0.29) is 5.91 Å². The van der Waals surface area contributed by atoms with Gasteiger partial charge in [-0.15, -0.1) is 0 Å². The third kappa shape index (κ3) is 4.84. The first-order valence-electron chi connectivity index (χ1n) is 9.33. The molecule has 6 nitrogen and oxygen atoms in total. The molecular formula is C22H27N3O3. The van der Waals surface area contributed by atoms with Crippen molar-refractivity contribution in [1.29, 1.82) is 0 Å². The molecule has 3 rings (SSSR count). The molecule has 0 saturated heterocycles. The molecule has 1 amide bonds. The van der Waals surface area contributed by atoms with Gasteiger partial charge in [0.2, 0.25) is 0 Å². The first-order chi connectivity index (χ1) is 13.6. The van der Waals surface area contributed by atoms with Crippen LogP contribution < -0.4 is 20.5 Å². The van der Waals surface area contributed by atoms with Gasteiger partial charge in [-0.3, -0.25) is 9.69 Å². The number of hydrogen-bond donors (Lipinski definition) is 2. The van der Waals surface area contributed by atoms with Gasteiger partial charge in [-0.25, -0.2) is 0 Å². The van der Waals surface area contributed by atoms with Crippen LogP contribution in [0.2, 0.25) is 0 Å². The lowest BCUT2D eigenvalue weighted by molar-refractivity contribution is -0.118. The third-order valence-electron chi connectivity index (χ3n) is 4.94. The Labute approximate surface area is 165 Å². The Hall–Kier alpha value is -2.99. The summed E-state index contributed by atoms with van der Waals surface area (Å²) in [5.41, 5.74) is 9.58. The van der Waals surface area contributed by atoms with Crippen molar-refractivity contribution in [3.05, 3.63) is 70.9 Å². The molecule has 0 radical (unpaired) electrons. The fourth-order valence-electron chi connectivity index (χ4n) is 3.31. The predicted octanol–water partition coefficient (Wildman–Crippen LogP) is 2.44. The van der Waals surface area contributed by atoms with E-state index in [2.05, 4.69) is 10.2 Å². The Morgan fingerprint density at radius 2 is 1.86 bits per heavy atom. The number of nitrogens with two attached hydrogens (primary N) is 1. The maximum atomic E-state index is 12.7. The fourth-order valence-corrected chi connectivity index (χ4v) is 3.31. The molecule has 0 unspecified atom stereocenters. The van der Waals surface area contributed by atoms with Gasteiger partial charge in [-0.05, 0) is 23.8 Å². The third-order valence-corrected chi connectivity index (χ3v) is 4.94. The van der Waals surface area contributed by atoms with Crippen molar-refractivity contribution >= 4 is 5.91 Å². The Morgan fingerprint density at radius 3 is 2.57 bits per heavy atom. The average molecular weight is 381 g/mol.